The molecule has 37 heavy (non-hydrogen) atoms. The minimum Gasteiger partial charge on any atom is -0.488 e. The van der Waals surface area contributed by atoms with Gasteiger partial charge in [-0.25, -0.2) is 4.98 Å². The van der Waals surface area contributed by atoms with Crippen LogP contribution in [0.2, 0.25) is 0 Å². The quantitative estimate of drug-likeness (QED) is 0.135. The second-order valence-corrected chi connectivity index (χ2v) is 8.99. The van der Waals surface area contributed by atoms with Crippen molar-refractivity contribution in [3.8, 4) is 17.1 Å². The molecule has 0 spiro atoms. The van der Waals surface area contributed by atoms with Crippen LogP contribution in [0, 0.1) is 10.1 Å². The number of rotatable bonds is 7. The molecule has 0 N–H and O–H groups in total. The number of hydrogen-bond acceptors (Lipinski definition) is 6. The summed E-state index contributed by atoms with van der Waals surface area (Å²) in [5.41, 5.74) is 2.05. The predicted octanol–water partition coefficient (Wildman–Crippen LogP) is 6.20. The number of nitro groups is 1. The molecular formula is C28H19BrN4O4. The highest BCUT2D eigenvalue weighted by Gasteiger charge is 2.14. The average Bonchev–Trinajstić information content (AvgIpc) is 2.93. The zero-order chi connectivity index (χ0) is 25.8. The van der Waals surface area contributed by atoms with Crippen molar-refractivity contribution in [1.82, 2.24) is 9.66 Å². The molecule has 182 valence electrons. The molecule has 1 aromatic heterocycles. The third kappa shape index (κ3) is 5.31. The van der Waals surface area contributed by atoms with Crippen LogP contribution in [0.3, 0.4) is 0 Å². The summed E-state index contributed by atoms with van der Waals surface area (Å²) < 4.78 is 8.12. The molecule has 1 heterocycles. The lowest BCUT2D eigenvalue weighted by Gasteiger charge is -2.11. The van der Waals surface area contributed by atoms with Crippen molar-refractivity contribution in [2.75, 3.05) is 0 Å². The lowest BCUT2D eigenvalue weighted by Crippen LogP contribution is -2.20. The monoisotopic (exact) mass is 554 g/mol. The third-order valence-electron chi connectivity index (χ3n) is 5.61. The van der Waals surface area contributed by atoms with Gasteiger partial charge < -0.3 is 4.74 Å². The van der Waals surface area contributed by atoms with Crippen LogP contribution in [0.15, 0.2) is 111 Å². The highest BCUT2D eigenvalue weighted by atomic mass is 79.9. The topological polar surface area (TPSA) is 99.6 Å². The van der Waals surface area contributed by atoms with Gasteiger partial charge in [0.2, 0.25) is 0 Å². The highest BCUT2D eigenvalue weighted by molar-refractivity contribution is 9.10. The second kappa shape index (κ2) is 10.5. The smallest absolute Gasteiger partial charge is 0.282 e. The average molecular weight is 555 g/mol. The standard InChI is InChI=1S/C28H19BrN4O4/c29-22-12-10-19(11-13-22)18-37-26-15-14-23(33(35)36)16-21(26)17-30-32-27(20-6-2-1-3-7-20)31-25-9-5-4-8-24(25)28(32)34/h1-17H,18H2. The van der Waals surface area contributed by atoms with E-state index < -0.39 is 4.92 Å². The van der Waals surface area contributed by atoms with Crippen LogP contribution in [0.1, 0.15) is 11.1 Å². The van der Waals surface area contributed by atoms with E-state index in [2.05, 4.69) is 26.0 Å². The van der Waals surface area contributed by atoms with E-state index in [1.54, 1.807) is 18.2 Å². The number of hydrogen-bond donors (Lipinski definition) is 0. The van der Waals surface area contributed by atoms with Gasteiger partial charge in [-0.15, -0.1) is 0 Å². The number of ether oxygens (including phenoxy) is 1. The third-order valence-corrected chi connectivity index (χ3v) is 6.14. The van der Waals surface area contributed by atoms with Gasteiger partial charge in [0.25, 0.3) is 11.2 Å². The van der Waals surface area contributed by atoms with Gasteiger partial charge in [-0.1, -0.05) is 70.5 Å². The van der Waals surface area contributed by atoms with Gasteiger partial charge in [0.15, 0.2) is 5.82 Å². The number of halogens is 1. The van der Waals surface area contributed by atoms with E-state index in [1.165, 1.54) is 29.1 Å². The van der Waals surface area contributed by atoms with Crippen LogP contribution in [-0.2, 0) is 6.61 Å². The Morgan fingerprint density at radius 2 is 1.70 bits per heavy atom. The number of para-hydroxylation sites is 1. The van der Waals surface area contributed by atoms with E-state index in [-0.39, 0.29) is 17.9 Å². The number of nitro benzene ring substituents is 1. The van der Waals surface area contributed by atoms with Gasteiger partial charge in [-0.05, 0) is 35.9 Å². The molecule has 0 aliphatic heterocycles. The molecule has 0 saturated carbocycles. The van der Waals surface area contributed by atoms with Crippen LogP contribution in [0.25, 0.3) is 22.3 Å². The molecule has 5 rings (SSSR count). The van der Waals surface area contributed by atoms with E-state index in [0.29, 0.717) is 33.6 Å². The van der Waals surface area contributed by atoms with Crippen LogP contribution in [-0.4, -0.2) is 20.8 Å². The van der Waals surface area contributed by atoms with Gasteiger partial charge in [-0.2, -0.15) is 9.78 Å². The molecule has 0 radical (unpaired) electrons. The Labute approximate surface area is 219 Å². The van der Waals surface area contributed by atoms with Gasteiger partial charge in [0, 0.05) is 27.7 Å². The summed E-state index contributed by atoms with van der Waals surface area (Å²) in [5.74, 6) is 0.739. The predicted molar refractivity (Wildman–Crippen MR) is 146 cm³/mol. The zero-order valence-corrected chi connectivity index (χ0v) is 20.9. The summed E-state index contributed by atoms with van der Waals surface area (Å²) in [6, 6.07) is 28.2. The SMILES string of the molecule is O=c1c2ccccc2nc(-c2ccccc2)n1N=Cc1cc([N+](=O)[O-])ccc1OCc1ccc(Br)cc1. The lowest BCUT2D eigenvalue weighted by molar-refractivity contribution is -0.384. The Morgan fingerprint density at radius 3 is 2.46 bits per heavy atom. The molecule has 0 atom stereocenters. The van der Waals surface area contributed by atoms with E-state index >= 15 is 0 Å². The summed E-state index contributed by atoms with van der Waals surface area (Å²) in [5, 5.41) is 16.3. The first-order chi connectivity index (χ1) is 18.0. The Bertz CT molecular complexity index is 1680. The van der Waals surface area contributed by atoms with Gasteiger partial charge in [0.05, 0.1) is 22.0 Å². The normalized spacial score (nSPS) is 11.2. The van der Waals surface area contributed by atoms with Gasteiger partial charge >= 0.3 is 0 Å². The number of benzene rings is 4. The van der Waals surface area contributed by atoms with Crippen molar-refractivity contribution in [3.63, 3.8) is 0 Å². The number of fused-ring (bicyclic) bond motifs is 1. The maximum absolute atomic E-state index is 13.4. The van der Waals surface area contributed by atoms with E-state index in [0.717, 1.165) is 10.0 Å². The van der Waals surface area contributed by atoms with Crippen molar-refractivity contribution in [2.45, 2.75) is 6.61 Å². The molecular weight excluding hydrogens is 536 g/mol. The molecule has 0 aliphatic rings. The van der Waals surface area contributed by atoms with Crippen LogP contribution >= 0.6 is 15.9 Å². The van der Waals surface area contributed by atoms with Crippen molar-refractivity contribution >= 4 is 38.7 Å². The molecule has 4 aromatic carbocycles. The minimum absolute atomic E-state index is 0.121. The summed E-state index contributed by atoms with van der Waals surface area (Å²) in [6.07, 6.45) is 1.38. The minimum atomic E-state index is -0.491. The van der Waals surface area contributed by atoms with Gasteiger partial charge in [-0.3, -0.25) is 14.9 Å². The van der Waals surface area contributed by atoms with Crippen molar-refractivity contribution in [2.24, 2.45) is 5.10 Å². The molecule has 5 aromatic rings. The Hall–Kier alpha value is -4.63. The van der Waals surface area contributed by atoms with E-state index in [9.17, 15) is 14.9 Å². The summed E-state index contributed by atoms with van der Waals surface area (Å²) in [7, 11) is 0. The summed E-state index contributed by atoms with van der Waals surface area (Å²) in [6.45, 7) is 0.249. The van der Waals surface area contributed by atoms with E-state index in [4.69, 9.17) is 4.74 Å². The Kier molecular flexibility index (Phi) is 6.87. The molecule has 9 heteroatoms. The van der Waals surface area contributed by atoms with Crippen LogP contribution in [0.4, 0.5) is 5.69 Å². The lowest BCUT2D eigenvalue weighted by atomic mass is 10.2. The molecule has 0 amide bonds. The molecule has 0 unspecified atom stereocenters. The maximum atomic E-state index is 13.4. The summed E-state index contributed by atoms with van der Waals surface area (Å²) >= 11 is 3.41. The fourth-order valence-electron chi connectivity index (χ4n) is 3.75. The first kappa shape index (κ1) is 24.1. The van der Waals surface area contributed by atoms with Crippen molar-refractivity contribution in [3.05, 3.63) is 133 Å². The highest BCUT2D eigenvalue weighted by Crippen LogP contribution is 2.25. The van der Waals surface area contributed by atoms with Crippen molar-refractivity contribution < 1.29 is 9.66 Å². The largest absolute Gasteiger partial charge is 0.488 e. The van der Waals surface area contributed by atoms with Crippen LogP contribution < -0.4 is 10.3 Å². The fourth-order valence-corrected chi connectivity index (χ4v) is 4.01. The Balaban J connectivity index is 1.59. The van der Waals surface area contributed by atoms with Crippen LogP contribution in [0.5, 0.6) is 5.75 Å². The van der Waals surface area contributed by atoms with E-state index in [1.807, 2.05) is 60.7 Å². The first-order valence-corrected chi connectivity index (χ1v) is 12.1. The Morgan fingerprint density at radius 1 is 0.973 bits per heavy atom. The molecule has 0 saturated heterocycles. The summed E-state index contributed by atoms with van der Waals surface area (Å²) in [4.78, 5) is 29.0. The number of nitrogens with zero attached hydrogens (tertiary/aromatic N) is 4. The zero-order valence-electron chi connectivity index (χ0n) is 19.3. The van der Waals surface area contributed by atoms with Gasteiger partial charge in [0.1, 0.15) is 12.4 Å². The number of aromatic nitrogens is 2. The molecule has 0 aliphatic carbocycles. The molecule has 0 bridgehead atoms. The maximum Gasteiger partial charge on any atom is 0.282 e. The fraction of sp³-hybridized carbons (Fsp3) is 0.0357. The first-order valence-electron chi connectivity index (χ1n) is 11.3. The molecule has 8 nitrogen and oxygen atoms in total. The second-order valence-electron chi connectivity index (χ2n) is 8.07. The van der Waals surface area contributed by atoms with Crippen molar-refractivity contribution in [1.29, 1.82) is 0 Å². The number of non-ortho nitro benzene ring substituents is 1. The molecule has 0 fully saturated rings.